The van der Waals surface area contributed by atoms with E-state index in [2.05, 4.69) is 4.90 Å². The lowest BCUT2D eigenvalue weighted by atomic mass is 10.2. The first-order valence-electron chi connectivity index (χ1n) is 9.21. The van der Waals surface area contributed by atoms with Gasteiger partial charge in [0.1, 0.15) is 11.5 Å². The van der Waals surface area contributed by atoms with Gasteiger partial charge in [0.25, 0.3) is 5.91 Å². The fourth-order valence-corrected chi connectivity index (χ4v) is 3.36. The van der Waals surface area contributed by atoms with Crippen LogP contribution in [0.15, 0.2) is 48.5 Å². The van der Waals surface area contributed by atoms with E-state index in [0.717, 1.165) is 24.5 Å². The summed E-state index contributed by atoms with van der Waals surface area (Å²) in [6.45, 7) is 4.88. The molecule has 0 bridgehead atoms. The van der Waals surface area contributed by atoms with Crippen LogP contribution in [0.3, 0.4) is 0 Å². The van der Waals surface area contributed by atoms with Gasteiger partial charge in [-0.25, -0.2) is 0 Å². The van der Waals surface area contributed by atoms with Gasteiger partial charge in [-0.3, -0.25) is 4.79 Å². The second-order valence-electron chi connectivity index (χ2n) is 6.46. The van der Waals surface area contributed by atoms with E-state index in [9.17, 15) is 4.79 Å². The third-order valence-corrected chi connectivity index (χ3v) is 5.09. The number of hydrogen-bond acceptors (Lipinski definition) is 4. The van der Waals surface area contributed by atoms with Crippen molar-refractivity contribution in [2.45, 2.75) is 19.4 Å². The van der Waals surface area contributed by atoms with Crippen LogP contribution in [0.2, 0.25) is 5.02 Å². The van der Waals surface area contributed by atoms with Gasteiger partial charge >= 0.3 is 0 Å². The number of nitrogens with zero attached hydrogens (tertiary/aromatic N) is 2. The molecule has 0 aliphatic carbocycles. The maximum absolute atomic E-state index is 12.9. The summed E-state index contributed by atoms with van der Waals surface area (Å²) in [5, 5.41) is 0.521. The van der Waals surface area contributed by atoms with Crippen LogP contribution in [-0.2, 0) is 4.79 Å². The topological polar surface area (TPSA) is 42.0 Å². The zero-order chi connectivity index (χ0) is 19.2. The van der Waals surface area contributed by atoms with Crippen LogP contribution < -0.4 is 14.4 Å². The number of rotatable bonds is 6. The van der Waals surface area contributed by atoms with Crippen molar-refractivity contribution in [1.29, 1.82) is 0 Å². The van der Waals surface area contributed by atoms with Crippen LogP contribution in [0.25, 0.3) is 0 Å². The molecule has 2 aromatic rings. The molecule has 0 spiro atoms. The van der Waals surface area contributed by atoms with Crippen LogP contribution in [0, 0.1) is 0 Å². The number of anilines is 1. The number of hydrogen-bond donors (Lipinski definition) is 0. The van der Waals surface area contributed by atoms with Crippen molar-refractivity contribution in [2.75, 3.05) is 38.2 Å². The van der Waals surface area contributed by atoms with Crippen molar-refractivity contribution in [3.8, 4) is 11.5 Å². The molecule has 6 heteroatoms. The lowest BCUT2D eigenvalue weighted by molar-refractivity contribution is -0.139. The number of carbonyl (C=O) groups is 1. The van der Waals surface area contributed by atoms with E-state index >= 15 is 0 Å². The normalized spacial score (nSPS) is 15.4. The molecule has 2 aromatic carbocycles. The van der Waals surface area contributed by atoms with Gasteiger partial charge in [0.15, 0.2) is 6.10 Å². The number of amides is 1. The predicted molar refractivity (Wildman–Crippen MR) is 108 cm³/mol. The van der Waals surface area contributed by atoms with Crippen molar-refractivity contribution in [3.63, 3.8) is 0 Å². The summed E-state index contributed by atoms with van der Waals surface area (Å²) < 4.78 is 11.1. The Hall–Kier alpha value is -2.40. The van der Waals surface area contributed by atoms with Gasteiger partial charge in [0.05, 0.1) is 12.1 Å². The number of benzene rings is 2. The van der Waals surface area contributed by atoms with E-state index < -0.39 is 6.10 Å². The SMILES string of the molecule is CC[C@@H](Oc1ccccc1Cl)C(=O)N1CCN(c2ccc(OC)cc2)CC1. The molecule has 1 aliphatic heterocycles. The summed E-state index contributed by atoms with van der Waals surface area (Å²) in [6.07, 6.45) is 0.0837. The minimum absolute atomic E-state index is 0.0202. The highest BCUT2D eigenvalue weighted by atomic mass is 35.5. The molecule has 0 saturated carbocycles. The molecular formula is C21H25ClN2O3. The second kappa shape index (κ2) is 9.00. The number of ether oxygens (including phenoxy) is 2. The lowest BCUT2D eigenvalue weighted by Gasteiger charge is -2.37. The Balaban J connectivity index is 1.58. The number of piperazine rings is 1. The predicted octanol–water partition coefficient (Wildman–Crippen LogP) is 3.85. The molecular weight excluding hydrogens is 364 g/mol. The highest BCUT2D eigenvalue weighted by Gasteiger charge is 2.28. The number of methoxy groups -OCH3 is 1. The molecule has 0 radical (unpaired) electrons. The average Bonchev–Trinajstić information content (AvgIpc) is 2.73. The van der Waals surface area contributed by atoms with Crippen LogP contribution in [0.4, 0.5) is 5.69 Å². The number of para-hydroxylation sites is 1. The Morgan fingerprint density at radius 2 is 1.74 bits per heavy atom. The summed E-state index contributed by atoms with van der Waals surface area (Å²) in [5.74, 6) is 1.41. The van der Waals surface area contributed by atoms with Crippen molar-refractivity contribution >= 4 is 23.2 Å². The second-order valence-corrected chi connectivity index (χ2v) is 6.86. The van der Waals surface area contributed by atoms with Crippen LogP contribution in [0.5, 0.6) is 11.5 Å². The molecule has 1 saturated heterocycles. The lowest BCUT2D eigenvalue weighted by Crippen LogP contribution is -2.52. The van der Waals surface area contributed by atoms with E-state index in [0.29, 0.717) is 30.3 Å². The highest BCUT2D eigenvalue weighted by Crippen LogP contribution is 2.26. The standard InChI is InChI=1S/C21H25ClN2O3/c1-3-19(27-20-7-5-4-6-18(20)22)21(25)24-14-12-23(13-15-24)16-8-10-17(26-2)11-9-16/h4-11,19H,3,12-15H2,1-2H3/t19-/m1/s1. The van der Waals surface area contributed by atoms with Gasteiger partial charge in [-0.05, 0) is 42.8 Å². The highest BCUT2D eigenvalue weighted by molar-refractivity contribution is 6.32. The fraction of sp³-hybridized carbons (Fsp3) is 0.381. The fourth-order valence-electron chi connectivity index (χ4n) is 3.18. The molecule has 1 fully saturated rings. The van der Waals surface area contributed by atoms with E-state index in [4.69, 9.17) is 21.1 Å². The first-order chi connectivity index (χ1) is 13.1. The molecule has 5 nitrogen and oxygen atoms in total. The van der Waals surface area contributed by atoms with Crippen LogP contribution in [-0.4, -0.2) is 50.2 Å². The summed E-state index contributed by atoms with van der Waals surface area (Å²) >= 11 is 6.16. The van der Waals surface area contributed by atoms with E-state index in [1.165, 1.54) is 0 Å². The van der Waals surface area contributed by atoms with E-state index in [-0.39, 0.29) is 5.91 Å². The largest absolute Gasteiger partial charge is 0.497 e. The zero-order valence-corrected chi connectivity index (χ0v) is 16.5. The van der Waals surface area contributed by atoms with Crippen molar-refractivity contribution in [2.24, 2.45) is 0 Å². The van der Waals surface area contributed by atoms with Crippen LogP contribution >= 0.6 is 11.6 Å². The molecule has 0 aromatic heterocycles. The minimum Gasteiger partial charge on any atom is -0.497 e. The summed E-state index contributed by atoms with van der Waals surface area (Å²) in [4.78, 5) is 17.1. The van der Waals surface area contributed by atoms with Gasteiger partial charge < -0.3 is 19.3 Å². The molecule has 144 valence electrons. The summed E-state index contributed by atoms with van der Waals surface area (Å²) in [6, 6.07) is 15.3. The number of halogens is 1. The van der Waals surface area contributed by atoms with Gasteiger partial charge in [-0.2, -0.15) is 0 Å². The Morgan fingerprint density at radius 1 is 1.07 bits per heavy atom. The first kappa shape index (κ1) is 19.4. The quantitative estimate of drug-likeness (QED) is 0.753. The molecule has 0 N–H and O–H groups in total. The Kier molecular flexibility index (Phi) is 6.45. The third kappa shape index (κ3) is 4.66. The van der Waals surface area contributed by atoms with Gasteiger partial charge in [0, 0.05) is 31.9 Å². The van der Waals surface area contributed by atoms with Crippen LogP contribution in [0.1, 0.15) is 13.3 Å². The van der Waals surface area contributed by atoms with Crippen molar-refractivity contribution in [1.82, 2.24) is 4.90 Å². The van der Waals surface area contributed by atoms with E-state index in [1.54, 1.807) is 19.2 Å². The molecule has 27 heavy (non-hydrogen) atoms. The minimum atomic E-state index is -0.516. The molecule has 1 aliphatic rings. The molecule has 1 atom stereocenters. The van der Waals surface area contributed by atoms with Crippen molar-refractivity contribution in [3.05, 3.63) is 53.6 Å². The zero-order valence-electron chi connectivity index (χ0n) is 15.7. The Labute approximate surface area is 165 Å². The van der Waals surface area contributed by atoms with Crippen molar-refractivity contribution < 1.29 is 14.3 Å². The number of carbonyl (C=O) groups excluding carboxylic acids is 1. The third-order valence-electron chi connectivity index (χ3n) is 4.78. The maximum atomic E-state index is 12.9. The summed E-state index contributed by atoms with van der Waals surface area (Å²) in [5.41, 5.74) is 1.14. The smallest absolute Gasteiger partial charge is 0.263 e. The maximum Gasteiger partial charge on any atom is 0.263 e. The van der Waals surface area contributed by atoms with Gasteiger partial charge in [-0.1, -0.05) is 30.7 Å². The monoisotopic (exact) mass is 388 g/mol. The van der Waals surface area contributed by atoms with Gasteiger partial charge in [-0.15, -0.1) is 0 Å². The Morgan fingerprint density at radius 3 is 2.33 bits per heavy atom. The summed E-state index contributed by atoms with van der Waals surface area (Å²) in [7, 11) is 1.66. The van der Waals surface area contributed by atoms with E-state index in [1.807, 2.05) is 48.2 Å². The molecule has 0 unspecified atom stereocenters. The first-order valence-corrected chi connectivity index (χ1v) is 9.59. The Bertz CT molecular complexity index is 758. The molecule has 3 rings (SSSR count). The molecule has 1 heterocycles. The van der Waals surface area contributed by atoms with Gasteiger partial charge in [0.2, 0.25) is 0 Å². The molecule has 1 amide bonds. The average molecular weight is 389 g/mol.